The van der Waals surface area contributed by atoms with Crippen LogP contribution < -0.4 is 0 Å². The molecule has 110 valence electrons. The smallest absolute Gasteiger partial charge is 0.306 e. The van der Waals surface area contributed by atoms with Crippen LogP contribution in [0.15, 0.2) is 0 Å². The molecule has 0 saturated carbocycles. The molecule has 2 unspecified atom stereocenters. The molecule has 2 rings (SSSR count). The van der Waals surface area contributed by atoms with Gasteiger partial charge in [-0.25, -0.2) is 4.98 Å². The van der Waals surface area contributed by atoms with Gasteiger partial charge in [-0.15, -0.1) is 5.10 Å². The molecule has 1 saturated heterocycles. The van der Waals surface area contributed by atoms with Gasteiger partial charge in [0.1, 0.15) is 5.82 Å². The van der Waals surface area contributed by atoms with Crippen molar-refractivity contribution in [2.24, 2.45) is 5.92 Å². The van der Waals surface area contributed by atoms with E-state index in [4.69, 9.17) is 5.11 Å². The van der Waals surface area contributed by atoms with Crippen molar-refractivity contribution in [2.75, 3.05) is 6.54 Å². The number of hydrogen-bond acceptors (Lipinski definition) is 4. The Kier molecular flexibility index (Phi) is 4.06. The summed E-state index contributed by atoms with van der Waals surface area (Å²) in [6.45, 7) is 6.23. The van der Waals surface area contributed by atoms with Crippen LogP contribution in [0.2, 0.25) is 0 Å². The fraction of sp³-hybridized carbons (Fsp3) is 0.692. The molecule has 0 radical (unpaired) electrons. The van der Waals surface area contributed by atoms with E-state index in [0.29, 0.717) is 25.2 Å². The zero-order valence-electron chi connectivity index (χ0n) is 12.0. The first-order valence-electron chi connectivity index (χ1n) is 6.86. The van der Waals surface area contributed by atoms with Gasteiger partial charge in [0.15, 0.2) is 0 Å². The van der Waals surface area contributed by atoms with Gasteiger partial charge in [0.25, 0.3) is 5.91 Å². The summed E-state index contributed by atoms with van der Waals surface area (Å²) in [6, 6.07) is -0.113. The molecule has 0 aromatic carbocycles. The summed E-state index contributed by atoms with van der Waals surface area (Å²) in [5.41, 5.74) is 0. The number of carbonyl (C=O) groups is 2. The zero-order valence-corrected chi connectivity index (χ0v) is 12.0. The molecule has 1 aromatic rings. The van der Waals surface area contributed by atoms with Gasteiger partial charge in [-0.2, -0.15) is 0 Å². The molecule has 1 amide bonds. The van der Waals surface area contributed by atoms with Crippen LogP contribution in [-0.2, 0) is 4.79 Å². The zero-order chi connectivity index (χ0) is 14.9. The molecule has 1 aliphatic rings. The fourth-order valence-electron chi connectivity index (χ4n) is 2.45. The lowest BCUT2D eigenvalue weighted by Crippen LogP contribution is -2.46. The lowest BCUT2D eigenvalue weighted by molar-refractivity contribution is -0.143. The summed E-state index contributed by atoms with van der Waals surface area (Å²) in [6.07, 6.45) is 0.954. The van der Waals surface area contributed by atoms with Gasteiger partial charge in [0, 0.05) is 18.5 Å². The molecule has 7 nitrogen and oxygen atoms in total. The van der Waals surface area contributed by atoms with Crippen LogP contribution in [0.1, 0.15) is 56.0 Å². The van der Waals surface area contributed by atoms with Gasteiger partial charge < -0.3 is 10.0 Å². The number of H-pyrrole nitrogens is 1. The number of amides is 1. The number of piperidine rings is 1. The minimum Gasteiger partial charge on any atom is -0.481 e. The maximum Gasteiger partial charge on any atom is 0.306 e. The van der Waals surface area contributed by atoms with E-state index in [1.54, 1.807) is 4.90 Å². The second-order valence-electron chi connectivity index (χ2n) is 5.61. The lowest BCUT2D eigenvalue weighted by atomic mass is 9.91. The summed E-state index contributed by atoms with van der Waals surface area (Å²) in [7, 11) is 0. The highest BCUT2D eigenvalue weighted by atomic mass is 16.4. The molecular formula is C13H20N4O3. The van der Waals surface area contributed by atoms with Crippen molar-refractivity contribution in [3.63, 3.8) is 0 Å². The number of carboxylic acids is 1. The number of aliphatic carboxylic acids is 1. The standard InChI is InChI=1S/C13H20N4O3/c1-7(2)10-14-11(16-15-10)12(18)17-5-4-9(13(19)20)6-8(17)3/h7-9H,4-6H2,1-3H3,(H,19,20)(H,14,15,16). The third-order valence-corrected chi connectivity index (χ3v) is 3.73. The number of nitrogens with zero attached hydrogens (tertiary/aromatic N) is 3. The molecule has 1 aromatic heterocycles. The van der Waals surface area contributed by atoms with Crippen LogP contribution in [0.5, 0.6) is 0 Å². The van der Waals surface area contributed by atoms with E-state index in [-0.39, 0.29) is 29.6 Å². The van der Waals surface area contributed by atoms with Gasteiger partial charge in [-0.05, 0) is 19.8 Å². The minimum atomic E-state index is -0.788. The van der Waals surface area contributed by atoms with Crippen LogP contribution in [0.4, 0.5) is 0 Å². The molecule has 1 fully saturated rings. The van der Waals surface area contributed by atoms with Crippen molar-refractivity contribution in [1.82, 2.24) is 20.1 Å². The van der Waals surface area contributed by atoms with Crippen LogP contribution in [-0.4, -0.2) is 49.7 Å². The molecule has 7 heteroatoms. The Morgan fingerprint density at radius 2 is 2.15 bits per heavy atom. The highest BCUT2D eigenvalue weighted by molar-refractivity contribution is 5.90. The Labute approximate surface area is 117 Å². The van der Waals surface area contributed by atoms with Gasteiger partial charge in [-0.3, -0.25) is 14.7 Å². The predicted octanol–water partition coefficient (Wildman–Crippen LogP) is 1.25. The third-order valence-electron chi connectivity index (χ3n) is 3.73. The van der Waals surface area contributed by atoms with Crippen molar-refractivity contribution < 1.29 is 14.7 Å². The Hall–Kier alpha value is -1.92. The Bertz CT molecular complexity index is 511. The Morgan fingerprint density at radius 3 is 2.65 bits per heavy atom. The average Bonchev–Trinajstić information content (AvgIpc) is 2.87. The van der Waals surface area contributed by atoms with Crippen molar-refractivity contribution in [3.8, 4) is 0 Å². The first-order valence-corrected chi connectivity index (χ1v) is 6.86. The number of hydrogen-bond donors (Lipinski definition) is 2. The maximum absolute atomic E-state index is 12.4. The molecule has 20 heavy (non-hydrogen) atoms. The SMILES string of the molecule is CC(C)c1nc(C(=O)N2CCC(C(=O)O)CC2C)n[nH]1. The summed E-state index contributed by atoms with van der Waals surface area (Å²) >= 11 is 0. The first kappa shape index (κ1) is 14.5. The molecule has 0 bridgehead atoms. The quantitative estimate of drug-likeness (QED) is 0.868. The summed E-state index contributed by atoms with van der Waals surface area (Å²) in [5.74, 6) is -0.365. The van der Waals surface area contributed by atoms with Crippen molar-refractivity contribution in [3.05, 3.63) is 11.6 Å². The van der Waals surface area contributed by atoms with Crippen molar-refractivity contribution >= 4 is 11.9 Å². The number of likely N-dealkylation sites (tertiary alicyclic amines) is 1. The maximum atomic E-state index is 12.4. The lowest BCUT2D eigenvalue weighted by Gasteiger charge is -2.35. The Balaban J connectivity index is 2.07. The van der Waals surface area contributed by atoms with Gasteiger partial charge in [-0.1, -0.05) is 13.8 Å². The van der Waals surface area contributed by atoms with E-state index in [1.807, 2.05) is 20.8 Å². The predicted molar refractivity (Wildman–Crippen MR) is 71.3 cm³/mol. The molecule has 2 atom stereocenters. The highest BCUT2D eigenvalue weighted by Gasteiger charge is 2.33. The van der Waals surface area contributed by atoms with Crippen LogP contribution in [0, 0.1) is 5.92 Å². The molecule has 1 aliphatic heterocycles. The topological polar surface area (TPSA) is 99.2 Å². The van der Waals surface area contributed by atoms with E-state index in [1.165, 1.54) is 0 Å². The molecule has 2 heterocycles. The molecule has 0 aliphatic carbocycles. The summed E-state index contributed by atoms with van der Waals surface area (Å²) in [5, 5.41) is 15.8. The number of carboxylic acid groups (broad SMARTS) is 1. The van der Waals surface area contributed by atoms with Gasteiger partial charge >= 0.3 is 5.97 Å². The van der Waals surface area contributed by atoms with Gasteiger partial charge in [0.05, 0.1) is 5.92 Å². The number of carbonyl (C=O) groups excluding carboxylic acids is 1. The van der Waals surface area contributed by atoms with E-state index in [9.17, 15) is 9.59 Å². The second kappa shape index (κ2) is 5.60. The number of aromatic amines is 1. The first-order chi connectivity index (χ1) is 9.40. The van der Waals surface area contributed by atoms with E-state index in [0.717, 1.165) is 0 Å². The van der Waals surface area contributed by atoms with Gasteiger partial charge in [0.2, 0.25) is 5.82 Å². The van der Waals surface area contributed by atoms with E-state index >= 15 is 0 Å². The van der Waals surface area contributed by atoms with Crippen LogP contribution >= 0.6 is 0 Å². The third kappa shape index (κ3) is 2.81. The van der Waals surface area contributed by atoms with Crippen molar-refractivity contribution in [2.45, 2.75) is 45.6 Å². The summed E-state index contributed by atoms with van der Waals surface area (Å²) in [4.78, 5) is 29.2. The van der Waals surface area contributed by atoms with Crippen molar-refractivity contribution in [1.29, 1.82) is 0 Å². The monoisotopic (exact) mass is 280 g/mol. The average molecular weight is 280 g/mol. The molecular weight excluding hydrogens is 260 g/mol. The summed E-state index contributed by atoms with van der Waals surface area (Å²) < 4.78 is 0. The van der Waals surface area contributed by atoms with E-state index in [2.05, 4.69) is 15.2 Å². The van der Waals surface area contributed by atoms with Crippen LogP contribution in [0.25, 0.3) is 0 Å². The number of nitrogens with one attached hydrogen (secondary N) is 1. The highest BCUT2D eigenvalue weighted by Crippen LogP contribution is 2.24. The normalized spacial score (nSPS) is 23.1. The molecule has 0 spiro atoms. The fourth-order valence-corrected chi connectivity index (χ4v) is 2.45. The number of aromatic nitrogens is 3. The second-order valence-corrected chi connectivity index (χ2v) is 5.61. The molecule has 2 N–H and O–H groups in total. The minimum absolute atomic E-state index is 0.113. The van der Waals surface area contributed by atoms with Crippen LogP contribution in [0.3, 0.4) is 0 Å². The Morgan fingerprint density at radius 1 is 1.45 bits per heavy atom. The number of rotatable bonds is 3. The van der Waals surface area contributed by atoms with E-state index < -0.39 is 5.97 Å². The largest absolute Gasteiger partial charge is 0.481 e.